The number of carboxylic acid groups (broad SMARTS) is 1. The van der Waals surface area contributed by atoms with Gasteiger partial charge in [0.15, 0.2) is 0 Å². The molecule has 0 spiro atoms. The molecule has 184 valence electrons. The topological polar surface area (TPSA) is 137 Å². The van der Waals surface area contributed by atoms with E-state index in [4.69, 9.17) is 13.0 Å². The Bertz CT molecular complexity index is 1100. The van der Waals surface area contributed by atoms with E-state index < -0.39 is 36.2 Å². The maximum absolute atomic E-state index is 12.7. The lowest BCUT2D eigenvalue weighted by atomic mass is 9.98. The molecule has 0 fully saturated rings. The Hall–Kier alpha value is -4.12. The molecule has 0 aliphatic rings. The second-order valence-corrected chi connectivity index (χ2v) is 8.25. The number of nitrogens with zero attached hydrogens (tertiary/aromatic N) is 4. The molecule has 1 unspecified atom stereocenters. The van der Waals surface area contributed by atoms with Crippen molar-refractivity contribution in [1.29, 1.82) is 0 Å². The minimum Gasteiger partial charge on any atom is -0.481 e. The highest BCUT2D eigenvalue weighted by molar-refractivity contribution is 6.13. The van der Waals surface area contributed by atoms with Crippen LogP contribution in [0.4, 0.5) is 0 Å². The molecule has 2 atom stereocenters. The fraction of sp³-hybridized carbons (Fsp3) is 0.280. The molecule has 0 bridgehead atoms. The van der Waals surface area contributed by atoms with Crippen LogP contribution in [0.1, 0.15) is 40.8 Å². The van der Waals surface area contributed by atoms with Crippen molar-refractivity contribution < 1.29 is 19.5 Å². The summed E-state index contributed by atoms with van der Waals surface area (Å²) in [6, 6.07) is 13.5. The van der Waals surface area contributed by atoms with E-state index in [0.717, 1.165) is 17.1 Å². The van der Waals surface area contributed by atoms with E-state index in [0.29, 0.717) is 19.6 Å². The zero-order valence-corrected chi connectivity index (χ0v) is 19.9. The monoisotopic (exact) mass is 486 g/mol. The molecule has 10 nitrogen and oxygen atoms in total. The number of aliphatic carboxylic acids is 1. The second-order valence-electron chi connectivity index (χ2n) is 8.25. The van der Waals surface area contributed by atoms with E-state index in [1.54, 1.807) is 24.5 Å². The van der Waals surface area contributed by atoms with Gasteiger partial charge in [-0.2, -0.15) is 0 Å². The van der Waals surface area contributed by atoms with Crippen LogP contribution in [0.2, 0.25) is 0 Å². The van der Waals surface area contributed by atoms with Crippen molar-refractivity contribution in [3.8, 4) is 0 Å². The summed E-state index contributed by atoms with van der Waals surface area (Å²) in [6.45, 7) is 3.17. The van der Waals surface area contributed by atoms with Crippen LogP contribution in [-0.4, -0.2) is 62.6 Å². The van der Waals surface area contributed by atoms with Gasteiger partial charge in [0.05, 0.1) is 36.9 Å². The number of nitrogens with one attached hydrogen (secondary N) is 2. The molecule has 2 radical (unpaired) electrons. The average Bonchev–Trinajstić information content (AvgIpc) is 2.84. The summed E-state index contributed by atoms with van der Waals surface area (Å²) in [4.78, 5) is 51.4. The number of carbonyl (C=O) groups is 3. The Morgan fingerprint density at radius 2 is 1.47 bits per heavy atom. The molecule has 36 heavy (non-hydrogen) atoms. The number of amides is 2. The van der Waals surface area contributed by atoms with Gasteiger partial charge < -0.3 is 15.7 Å². The number of carboxylic acids is 1. The van der Waals surface area contributed by atoms with Crippen molar-refractivity contribution in [2.45, 2.75) is 45.0 Å². The van der Waals surface area contributed by atoms with Gasteiger partial charge in [-0.15, -0.1) is 0 Å². The van der Waals surface area contributed by atoms with Crippen molar-refractivity contribution in [1.82, 2.24) is 30.5 Å². The summed E-state index contributed by atoms with van der Waals surface area (Å²) in [6.07, 6.45) is 4.30. The first-order valence-electron chi connectivity index (χ1n) is 11.4. The first-order chi connectivity index (χ1) is 17.3. The summed E-state index contributed by atoms with van der Waals surface area (Å²) < 4.78 is 0. The number of pyridine rings is 3. The largest absolute Gasteiger partial charge is 0.481 e. The molecular weight excluding hydrogens is 459 g/mol. The van der Waals surface area contributed by atoms with Crippen LogP contribution in [0, 0.1) is 0 Å². The SMILES string of the molecule is [B][C@@H](C)NC(=O)C(CC(=O)O)NC(=O)c1ccc(CN(Cc2ccccn2)Cc2ccccn2)nc1. The zero-order valence-electron chi connectivity index (χ0n) is 19.9. The smallest absolute Gasteiger partial charge is 0.305 e. The van der Waals surface area contributed by atoms with Gasteiger partial charge in [-0.1, -0.05) is 19.1 Å². The van der Waals surface area contributed by atoms with Gasteiger partial charge in [-0.05, 0) is 42.3 Å². The Labute approximate surface area is 210 Å². The molecule has 0 aliphatic carbocycles. The Kier molecular flexibility index (Phi) is 9.64. The van der Waals surface area contributed by atoms with Crippen molar-refractivity contribution in [2.75, 3.05) is 0 Å². The van der Waals surface area contributed by atoms with Crippen LogP contribution >= 0.6 is 0 Å². The lowest BCUT2D eigenvalue weighted by molar-refractivity contribution is -0.139. The summed E-state index contributed by atoms with van der Waals surface area (Å²) in [7, 11) is 5.54. The molecule has 0 aromatic carbocycles. The summed E-state index contributed by atoms with van der Waals surface area (Å²) in [5, 5.41) is 13.9. The maximum Gasteiger partial charge on any atom is 0.305 e. The van der Waals surface area contributed by atoms with E-state index in [-0.39, 0.29) is 5.56 Å². The van der Waals surface area contributed by atoms with Crippen molar-refractivity contribution in [3.63, 3.8) is 0 Å². The minimum atomic E-state index is -1.27. The van der Waals surface area contributed by atoms with Crippen LogP contribution in [0.15, 0.2) is 67.1 Å². The van der Waals surface area contributed by atoms with Gasteiger partial charge in [0.25, 0.3) is 5.91 Å². The number of hydrogen-bond acceptors (Lipinski definition) is 7. The van der Waals surface area contributed by atoms with Gasteiger partial charge >= 0.3 is 5.97 Å². The van der Waals surface area contributed by atoms with Crippen molar-refractivity contribution in [3.05, 3.63) is 89.8 Å². The lowest BCUT2D eigenvalue weighted by Crippen LogP contribution is -2.50. The highest BCUT2D eigenvalue weighted by Gasteiger charge is 2.24. The predicted molar refractivity (Wildman–Crippen MR) is 133 cm³/mol. The van der Waals surface area contributed by atoms with E-state index >= 15 is 0 Å². The third-order valence-electron chi connectivity index (χ3n) is 5.07. The third kappa shape index (κ3) is 8.59. The van der Waals surface area contributed by atoms with Crippen LogP contribution in [0.5, 0.6) is 0 Å². The van der Waals surface area contributed by atoms with Gasteiger partial charge in [0.1, 0.15) is 6.04 Å². The van der Waals surface area contributed by atoms with E-state index in [1.165, 1.54) is 13.1 Å². The van der Waals surface area contributed by atoms with Crippen molar-refractivity contribution >= 4 is 25.6 Å². The van der Waals surface area contributed by atoms with Crippen LogP contribution in [0.25, 0.3) is 0 Å². The predicted octanol–water partition coefficient (Wildman–Crippen LogP) is 1.28. The average molecular weight is 486 g/mol. The van der Waals surface area contributed by atoms with E-state index in [9.17, 15) is 14.4 Å². The highest BCUT2D eigenvalue weighted by atomic mass is 16.4. The third-order valence-corrected chi connectivity index (χ3v) is 5.07. The Morgan fingerprint density at radius 1 is 0.889 bits per heavy atom. The molecule has 3 rings (SSSR count). The minimum absolute atomic E-state index is 0.198. The van der Waals surface area contributed by atoms with Gasteiger partial charge in [-0.3, -0.25) is 34.2 Å². The van der Waals surface area contributed by atoms with Crippen molar-refractivity contribution in [2.24, 2.45) is 0 Å². The molecule has 2 amide bonds. The number of carbonyl (C=O) groups excluding carboxylic acids is 2. The maximum atomic E-state index is 12.7. The fourth-order valence-electron chi connectivity index (χ4n) is 3.44. The van der Waals surface area contributed by atoms with E-state index in [2.05, 4.69) is 30.5 Å². The molecule has 3 aromatic heterocycles. The quantitative estimate of drug-likeness (QED) is 0.326. The molecule has 0 aliphatic heterocycles. The highest BCUT2D eigenvalue weighted by Crippen LogP contribution is 2.12. The second kappa shape index (κ2) is 13.1. The summed E-state index contributed by atoms with van der Waals surface area (Å²) >= 11 is 0. The summed E-state index contributed by atoms with van der Waals surface area (Å²) in [5.74, 6) is -3.20. The first kappa shape index (κ1) is 26.5. The molecule has 0 saturated carbocycles. The molecule has 3 N–H and O–H groups in total. The van der Waals surface area contributed by atoms with Crippen LogP contribution < -0.4 is 10.6 Å². The number of hydrogen-bond donors (Lipinski definition) is 3. The molecule has 11 heteroatoms. The zero-order chi connectivity index (χ0) is 25.9. The number of rotatable bonds is 12. The van der Waals surface area contributed by atoms with Crippen LogP contribution in [0.3, 0.4) is 0 Å². The normalized spacial score (nSPS) is 12.5. The number of aromatic nitrogens is 3. The molecule has 0 saturated heterocycles. The fourth-order valence-corrected chi connectivity index (χ4v) is 3.44. The first-order valence-corrected chi connectivity index (χ1v) is 11.4. The Balaban J connectivity index is 1.69. The molecular formula is C25H27BN6O4. The molecule has 3 aromatic rings. The van der Waals surface area contributed by atoms with Gasteiger partial charge in [0, 0.05) is 38.2 Å². The lowest BCUT2D eigenvalue weighted by Gasteiger charge is -2.21. The van der Waals surface area contributed by atoms with E-state index in [1.807, 2.05) is 36.4 Å². The standard InChI is InChI=1S/C25H27BN6O4/c1-17(26)30-25(36)22(12-23(33)34)31-24(35)18-8-9-21(29-13-18)16-32(14-19-6-2-4-10-27-19)15-20-7-3-5-11-28-20/h2-11,13,17,22H,12,14-16H2,1H3,(H,30,36)(H,31,35)(H,33,34)/t17-,22?/m1/s1. The molecule has 3 heterocycles. The van der Waals surface area contributed by atoms with Crippen LogP contribution in [-0.2, 0) is 29.2 Å². The van der Waals surface area contributed by atoms with Gasteiger partial charge in [0.2, 0.25) is 5.91 Å². The van der Waals surface area contributed by atoms with Gasteiger partial charge in [-0.25, -0.2) is 0 Å². The Morgan fingerprint density at radius 3 is 1.92 bits per heavy atom. The summed E-state index contributed by atoms with van der Waals surface area (Å²) in [5.41, 5.74) is 2.72.